The molecule has 0 aliphatic rings. The minimum Gasteiger partial charge on any atom is -0.346 e. The molecule has 0 aliphatic heterocycles. The highest BCUT2D eigenvalue weighted by Gasteiger charge is 2.21. The summed E-state index contributed by atoms with van der Waals surface area (Å²) in [6.07, 6.45) is 6.43. The standard InChI is InChI=1S/C19H16N4O3/c1-4-7-21-19(26)17(24)14-9-16(23(3)11-14)18(25)22-15-6-5-12(2)13(8-15)10-20/h1,5-6,8-9,11H,7H2,2-3H3,(H,21,26)(H,22,25). The summed E-state index contributed by atoms with van der Waals surface area (Å²) in [5.41, 5.74) is 1.98. The van der Waals surface area contributed by atoms with Gasteiger partial charge in [-0.05, 0) is 30.7 Å². The summed E-state index contributed by atoms with van der Waals surface area (Å²) in [6, 6.07) is 8.34. The monoisotopic (exact) mass is 348 g/mol. The molecule has 2 N–H and O–H groups in total. The Morgan fingerprint density at radius 3 is 2.65 bits per heavy atom. The van der Waals surface area contributed by atoms with Crippen molar-refractivity contribution < 1.29 is 14.4 Å². The number of rotatable bonds is 5. The third kappa shape index (κ3) is 3.97. The Hall–Kier alpha value is -3.84. The third-order valence-corrected chi connectivity index (χ3v) is 3.67. The molecule has 0 fully saturated rings. The van der Waals surface area contributed by atoms with Crippen LogP contribution in [0.25, 0.3) is 0 Å². The minimum atomic E-state index is -0.835. The van der Waals surface area contributed by atoms with Crippen LogP contribution >= 0.6 is 0 Å². The molecule has 130 valence electrons. The van der Waals surface area contributed by atoms with Crippen LogP contribution < -0.4 is 10.6 Å². The van der Waals surface area contributed by atoms with Crippen LogP contribution in [0.4, 0.5) is 5.69 Å². The number of terminal acetylenes is 1. The van der Waals surface area contributed by atoms with Crippen molar-refractivity contribution in [2.24, 2.45) is 7.05 Å². The van der Waals surface area contributed by atoms with Gasteiger partial charge in [0, 0.05) is 24.5 Å². The van der Waals surface area contributed by atoms with E-state index in [1.54, 1.807) is 32.2 Å². The number of ketones is 1. The number of carbonyl (C=O) groups is 3. The van der Waals surface area contributed by atoms with E-state index in [-0.39, 0.29) is 17.8 Å². The highest BCUT2D eigenvalue weighted by molar-refractivity contribution is 6.43. The molecule has 26 heavy (non-hydrogen) atoms. The van der Waals surface area contributed by atoms with Crippen LogP contribution in [-0.4, -0.2) is 28.7 Å². The van der Waals surface area contributed by atoms with E-state index < -0.39 is 17.6 Å². The van der Waals surface area contributed by atoms with E-state index in [9.17, 15) is 14.4 Å². The molecule has 2 amide bonds. The Morgan fingerprint density at radius 1 is 1.27 bits per heavy atom. The van der Waals surface area contributed by atoms with Gasteiger partial charge in [-0.15, -0.1) is 6.42 Å². The Morgan fingerprint density at radius 2 is 2.00 bits per heavy atom. The maximum Gasteiger partial charge on any atom is 0.293 e. The molecule has 7 nitrogen and oxygen atoms in total. The molecule has 1 aromatic carbocycles. The van der Waals surface area contributed by atoms with Crippen LogP contribution in [0.5, 0.6) is 0 Å². The largest absolute Gasteiger partial charge is 0.346 e. The van der Waals surface area contributed by atoms with Crippen molar-refractivity contribution in [1.29, 1.82) is 5.26 Å². The maximum absolute atomic E-state index is 12.4. The molecule has 0 saturated heterocycles. The average molecular weight is 348 g/mol. The van der Waals surface area contributed by atoms with Crippen LogP contribution in [0.3, 0.4) is 0 Å². The maximum atomic E-state index is 12.4. The number of anilines is 1. The second-order valence-electron chi connectivity index (χ2n) is 5.54. The lowest BCUT2D eigenvalue weighted by molar-refractivity contribution is -0.116. The summed E-state index contributed by atoms with van der Waals surface area (Å²) in [4.78, 5) is 36.2. The van der Waals surface area contributed by atoms with Crippen LogP contribution in [0, 0.1) is 30.6 Å². The third-order valence-electron chi connectivity index (χ3n) is 3.67. The number of Topliss-reactive ketones (excluding diaryl/α,β-unsaturated/α-hetero) is 1. The number of nitrogens with zero attached hydrogens (tertiary/aromatic N) is 2. The predicted molar refractivity (Wildman–Crippen MR) is 95.4 cm³/mol. The highest BCUT2D eigenvalue weighted by Crippen LogP contribution is 2.16. The molecule has 0 bridgehead atoms. The van der Waals surface area contributed by atoms with Gasteiger partial charge in [0.1, 0.15) is 5.69 Å². The fourth-order valence-corrected chi connectivity index (χ4v) is 2.27. The molecule has 0 unspecified atom stereocenters. The molecular formula is C19H16N4O3. The summed E-state index contributed by atoms with van der Waals surface area (Å²) in [6.45, 7) is 1.74. The van der Waals surface area contributed by atoms with Gasteiger partial charge in [-0.2, -0.15) is 5.26 Å². The van der Waals surface area contributed by atoms with Gasteiger partial charge < -0.3 is 15.2 Å². The first-order valence-electron chi connectivity index (χ1n) is 7.61. The van der Waals surface area contributed by atoms with Gasteiger partial charge in [-0.1, -0.05) is 12.0 Å². The van der Waals surface area contributed by atoms with Crippen molar-refractivity contribution in [3.05, 3.63) is 52.8 Å². The number of nitrogens with one attached hydrogen (secondary N) is 2. The molecule has 0 radical (unpaired) electrons. The minimum absolute atomic E-state index is 0.0562. The van der Waals surface area contributed by atoms with Gasteiger partial charge in [-0.3, -0.25) is 14.4 Å². The smallest absolute Gasteiger partial charge is 0.293 e. The normalized spacial score (nSPS) is 9.69. The second kappa shape index (κ2) is 7.82. The summed E-state index contributed by atoms with van der Waals surface area (Å²) in [5.74, 6) is 0.119. The zero-order valence-corrected chi connectivity index (χ0v) is 14.3. The van der Waals surface area contributed by atoms with Crippen molar-refractivity contribution in [2.75, 3.05) is 11.9 Å². The Labute approximate surface area is 150 Å². The molecule has 7 heteroatoms. The Bertz CT molecular complexity index is 974. The van der Waals surface area contributed by atoms with Crippen LogP contribution in [0.1, 0.15) is 32.0 Å². The molecule has 0 atom stereocenters. The number of hydrogen-bond acceptors (Lipinski definition) is 4. The zero-order valence-electron chi connectivity index (χ0n) is 14.3. The van der Waals surface area contributed by atoms with Gasteiger partial charge in [0.2, 0.25) is 0 Å². The van der Waals surface area contributed by atoms with Crippen molar-refractivity contribution in [3.8, 4) is 18.4 Å². The molecule has 0 aliphatic carbocycles. The molecule has 1 aromatic heterocycles. The Kier molecular flexibility index (Phi) is 5.56. The van der Waals surface area contributed by atoms with Crippen LogP contribution in [0.2, 0.25) is 0 Å². The van der Waals surface area contributed by atoms with Crippen molar-refractivity contribution >= 4 is 23.3 Å². The van der Waals surface area contributed by atoms with Gasteiger partial charge in [0.25, 0.3) is 17.6 Å². The molecule has 2 aromatic rings. The number of carbonyl (C=O) groups excluding carboxylic acids is 3. The first-order chi connectivity index (χ1) is 12.4. The topological polar surface area (TPSA) is 104 Å². The summed E-state index contributed by atoms with van der Waals surface area (Å²) in [5, 5.41) is 14.0. The first kappa shape index (κ1) is 18.5. The van der Waals surface area contributed by atoms with Crippen molar-refractivity contribution in [1.82, 2.24) is 9.88 Å². The quantitative estimate of drug-likeness (QED) is 0.484. The number of nitriles is 1. The highest BCUT2D eigenvalue weighted by atomic mass is 16.2. The van der Waals surface area contributed by atoms with Crippen LogP contribution in [-0.2, 0) is 11.8 Å². The van der Waals surface area contributed by atoms with Gasteiger partial charge in [0.05, 0.1) is 18.2 Å². The fraction of sp³-hybridized carbons (Fsp3) is 0.158. The summed E-state index contributed by atoms with van der Waals surface area (Å²) < 4.78 is 1.44. The number of aryl methyl sites for hydroxylation is 2. The molecule has 1 heterocycles. The summed E-state index contributed by atoms with van der Waals surface area (Å²) >= 11 is 0. The van der Waals surface area contributed by atoms with E-state index in [1.807, 2.05) is 6.07 Å². The fourth-order valence-electron chi connectivity index (χ4n) is 2.27. The lowest BCUT2D eigenvalue weighted by atomic mass is 10.1. The van der Waals surface area contributed by atoms with E-state index in [0.717, 1.165) is 5.56 Å². The van der Waals surface area contributed by atoms with Crippen molar-refractivity contribution in [2.45, 2.75) is 6.92 Å². The first-order valence-corrected chi connectivity index (χ1v) is 7.61. The summed E-state index contributed by atoms with van der Waals surface area (Å²) in [7, 11) is 1.58. The Balaban J connectivity index is 2.19. The number of benzene rings is 1. The van der Waals surface area contributed by atoms with E-state index in [1.165, 1.54) is 16.8 Å². The molecule has 0 spiro atoms. The second-order valence-corrected chi connectivity index (χ2v) is 5.54. The number of aromatic nitrogens is 1. The predicted octanol–water partition coefficient (Wildman–Crippen LogP) is 1.39. The SMILES string of the molecule is C#CCNC(=O)C(=O)c1cc(C(=O)Nc2ccc(C)c(C#N)c2)n(C)c1. The molecular weight excluding hydrogens is 332 g/mol. The number of amides is 2. The van der Waals surface area contributed by atoms with Gasteiger partial charge >= 0.3 is 0 Å². The van der Waals surface area contributed by atoms with E-state index in [2.05, 4.69) is 16.6 Å². The van der Waals surface area contributed by atoms with Gasteiger partial charge in [0.15, 0.2) is 0 Å². The van der Waals surface area contributed by atoms with E-state index in [4.69, 9.17) is 11.7 Å². The van der Waals surface area contributed by atoms with E-state index in [0.29, 0.717) is 11.3 Å². The van der Waals surface area contributed by atoms with Crippen LogP contribution in [0.15, 0.2) is 30.5 Å². The lowest BCUT2D eigenvalue weighted by Gasteiger charge is -2.07. The van der Waals surface area contributed by atoms with Gasteiger partial charge in [-0.25, -0.2) is 0 Å². The lowest BCUT2D eigenvalue weighted by Crippen LogP contribution is -2.31. The molecule has 2 rings (SSSR count). The molecule has 0 saturated carbocycles. The number of hydrogen-bond donors (Lipinski definition) is 2. The van der Waals surface area contributed by atoms with Crippen molar-refractivity contribution in [3.63, 3.8) is 0 Å². The zero-order chi connectivity index (χ0) is 19.3. The average Bonchev–Trinajstić information content (AvgIpc) is 3.02. The van der Waals surface area contributed by atoms with E-state index >= 15 is 0 Å².